The minimum Gasteiger partial charge on any atom is -0.497 e. The van der Waals surface area contributed by atoms with E-state index in [9.17, 15) is 9.59 Å². The van der Waals surface area contributed by atoms with E-state index < -0.39 is 0 Å². The van der Waals surface area contributed by atoms with Gasteiger partial charge in [0.05, 0.1) is 20.1 Å². The summed E-state index contributed by atoms with van der Waals surface area (Å²) in [7, 11) is 3.16. The lowest BCUT2D eigenvalue weighted by atomic mass is 10.1. The lowest BCUT2D eigenvalue weighted by molar-refractivity contribution is -0.122. The fraction of sp³-hybridized carbons (Fsp3) is 0.263. The molecule has 1 N–H and O–H groups in total. The van der Waals surface area contributed by atoms with Crippen LogP contribution >= 0.6 is 0 Å². The predicted molar refractivity (Wildman–Crippen MR) is 95.1 cm³/mol. The van der Waals surface area contributed by atoms with E-state index in [4.69, 9.17) is 9.47 Å². The molecule has 6 heteroatoms. The molecule has 130 valence electrons. The van der Waals surface area contributed by atoms with Crippen molar-refractivity contribution >= 4 is 23.2 Å². The van der Waals surface area contributed by atoms with Crippen molar-refractivity contribution in [2.24, 2.45) is 5.92 Å². The number of nitrogens with zero attached hydrogens (tertiary/aromatic N) is 1. The second kappa shape index (κ2) is 7.25. The average Bonchev–Trinajstić information content (AvgIpc) is 3.04. The van der Waals surface area contributed by atoms with E-state index in [0.717, 1.165) is 11.4 Å². The Kier molecular flexibility index (Phi) is 4.88. The normalized spacial score (nSPS) is 16.6. The molecule has 2 aromatic rings. The summed E-state index contributed by atoms with van der Waals surface area (Å²) in [4.78, 5) is 26.4. The maximum absolute atomic E-state index is 12.5. The van der Waals surface area contributed by atoms with Crippen LogP contribution in [0.25, 0.3) is 0 Å². The minimum atomic E-state index is -0.388. The summed E-state index contributed by atoms with van der Waals surface area (Å²) in [6, 6.07) is 14.4. The first kappa shape index (κ1) is 16.8. The van der Waals surface area contributed by atoms with Crippen LogP contribution in [0.1, 0.15) is 6.42 Å². The number of carbonyl (C=O) groups excluding carboxylic acids is 2. The van der Waals surface area contributed by atoms with Crippen LogP contribution in [0.3, 0.4) is 0 Å². The van der Waals surface area contributed by atoms with Crippen molar-refractivity contribution in [1.29, 1.82) is 0 Å². The molecule has 2 amide bonds. The smallest absolute Gasteiger partial charge is 0.229 e. The summed E-state index contributed by atoms with van der Waals surface area (Å²) in [5.74, 6) is 0.775. The Labute approximate surface area is 146 Å². The van der Waals surface area contributed by atoms with Crippen LogP contribution in [-0.2, 0) is 9.59 Å². The molecule has 6 nitrogen and oxygen atoms in total. The van der Waals surface area contributed by atoms with Crippen LogP contribution in [0.2, 0.25) is 0 Å². The van der Waals surface area contributed by atoms with Crippen molar-refractivity contribution in [3.05, 3.63) is 48.5 Å². The van der Waals surface area contributed by atoms with E-state index in [-0.39, 0.29) is 24.2 Å². The number of benzene rings is 2. The van der Waals surface area contributed by atoms with E-state index in [1.54, 1.807) is 55.5 Å². The number of rotatable bonds is 5. The fourth-order valence-corrected chi connectivity index (χ4v) is 2.84. The number of ether oxygens (including phenoxy) is 2. The summed E-state index contributed by atoms with van der Waals surface area (Å²) in [5, 5.41) is 2.85. The minimum absolute atomic E-state index is 0.0593. The second-order valence-corrected chi connectivity index (χ2v) is 5.82. The molecule has 25 heavy (non-hydrogen) atoms. The fourth-order valence-electron chi connectivity index (χ4n) is 2.84. The highest BCUT2D eigenvalue weighted by atomic mass is 16.5. The van der Waals surface area contributed by atoms with Gasteiger partial charge in [-0.2, -0.15) is 0 Å². The van der Waals surface area contributed by atoms with Crippen molar-refractivity contribution in [2.45, 2.75) is 6.42 Å². The van der Waals surface area contributed by atoms with E-state index in [2.05, 4.69) is 5.32 Å². The van der Waals surface area contributed by atoms with Gasteiger partial charge >= 0.3 is 0 Å². The number of nitrogens with one attached hydrogen (secondary N) is 1. The largest absolute Gasteiger partial charge is 0.497 e. The van der Waals surface area contributed by atoms with Crippen molar-refractivity contribution in [1.82, 2.24) is 0 Å². The van der Waals surface area contributed by atoms with Gasteiger partial charge in [0.15, 0.2) is 0 Å². The van der Waals surface area contributed by atoms with Gasteiger partial charge in [0.2, 0.25) is 11.8 Å². The van der Waals surface area contributed by atoms with Crippen molar-refractivity contribution < 1.29 is 19.1 Å². The molecule has 0 spiro atoms. The first-order valence-corrected chi connectivity index (χ1v) is 8.00. The molecule has 2 aromatic carbocycles. The summed E-state index contributed by atoms with van der Waals surface area (Å²) >= 11 is 0. The SMILES string of the molecule is COc1ccc(N2C[C@@H](C(=O)Nc3cccc(OC)c3)CC2=O)cc1. The average molecular weight is 340 g/mol. The Hall–Kier alpha value is -3.02. The molecular weight excluding hydrogens is 320 g/mol. The first-order valence-electron chi connectivity index (χ1n) is 8.00. The highest BCUT2D eigenvalue weighted by Gasteiger charge is 2.35. The summed E-state index contributed by atoms with van der Waals surface area (Å²) in [6.45, 7) is 0.362. The van der Waals surface area contributed by atoms with Gasteiger partial charge < -0.3 is 19.7 Å². The van der Waals surface area contributed by atoms with Gasteiger partial charge in [0, 0.05) is 30.4 Å². The molecule has 0 saturated carbocycles. The zero-order valence-corrected chi connectivity index (χ0v) is 14.2. The molecule has 1 atom stereocenters. The number of hydrogen-bond donors (Lipinski definition) is 1. The topological polar surface area (TPSA) is 67.9 Å². The molecule has 1 aliphatic rings. The first-order chi connectivity index (χ1) is 12.1. The molecule has 3 rings (SSSR count). The second-order valence-electron chi connectivity index (χ2n) is 5.82. The van der Waals surface area contributed by atoms with Crippen LogP contribution in [0.5, 0.6) is 11.5 Å². The molecule has 1 saturated heterocycles. The van der Waals surface area contributed by atoms with E-state index in [1.165, 1.54) is 0 Å². The van der Waals surface area contributed by atoms with Gasteiger partial charge in [-0.05, 0) is 36.4 Å². The molecule has 1 aliphatic heterocycles. The van der Waals surface area contributed by atoms with Crippen molar-refractivity contribution in [2.75, 3.05) is 31.0 Å². The maximum atomic E-state index is 12.5. The molecule has 0 radical (unpaired) electrons. The monoisotopic (exact) mass is 340 g/mol. The number of anilines is 2. The van der Waals surface area contributed by atoms with Crippen LogP contribution in [0.4, 0.5) is 11.4 Å². The maximum Gasteiger partial charge on any atom is 0.229 e. The van der Waals surface area contributed by atoms with Crippen LogP contribution in [-0.4, -0.2) is 32.6 Å². The van der Waals surface area contributed by atoms with Gasteiger partial charge in [-0.25, -0.2) is 0 Å². The number of hydrogen-bond acceptors (Lipinski definition) is 4. The number of amides is 2. The molecule has 1 heterocycles. The highest BCUT2D eigenvalue weighted by molar-refractivity contribution is 6.03. The van der Waals surface area contributed by atoms with Crippen LogP contribution < -0.4 is 19.7 Å². The molecule has 0 unspecified atom stereocenters. The Balaban J connectivity index is 1.67. The number of methoxy groups -OCH3 is 2. The Morgan fingerprint density at radius 3 is 2.48 bits per heavy atom. The molecule has 1 fully saturated rings. The summed E-state index contributed by atoms with van der Waals surface area (Å²) in [5.41, 5.74) is 1.42. The van der Waals surface area contributed by atoms with Gasteiger partial charge in [-0.3, -0.25) is 9.59 Å². The van der Waals surface area contributed by atoms with Gasteiger partial charge in [0.25, 0.3) is 0 Å². The van der Waals surface area contributed by atoms with E-state index >= 15 is 0 Å². The van der Waals surface area contributed by atoms with Crippen LogP contribution in [0, 0.1) is 5.92 Å². The Morgan fingerprint density at radius 1 is 1.08 bits per heavy atom. The van der Waals surface area contributed by atoms with Crippen molar-refractivity contribution in [3.8, 4) is 11.5 Å². The quantitative estimate of drug-likeness (QED) is 0.909. The highest BCUT2D eigenvalue weighted by Crippen LogP contribution is 2.28. The third-order valence-corrected chi connectivity index (χ3v) is 4.22. The van der Waals surface area contributed by atoms with Gasteiger partial charge in [0.1, 0.15) is 11.5 Å². The summed E-state index contributed by atoms with van der Waals surface area (Å²) in [6.07, 6.45) is 0.196. The van der Waals surface area contributed by atoms with Crippen LogP contribution in [0.15, 0.2) is 48.5 Å². The van der Waals surface area contributed by atoms with Gasteiger partial charge in [-0.1, -0.05) is 6.07 Å². The zero-order valence-electron chi connectivity index (χ0n) is 14.2. The molecule has 0 aromatic heterocycles. The predicted octanol–water partition coefficient (Wildman–Crippen LogP) is 2.70. The zero-order chi connectivity index (χ0) is 17.8. The lowest BCUT2D eigenvalue weighted by Gasteiger charge is -2.17. The van der Waals surface area contributed by atoms with E-state index in [0.29, 0.717) is 18.0 Å². The molecule has 0 bridgehead atoms. The Morgan fingerprint density at radius 2 is 1.80 bits per heavy atom. The third kappa shape index (κ3) is 3.74. The molecule has 0 aliphatic carbocycles. The standard InChI is InChI=1S/C19H20N2O4/c1-24-16-8-6-15(7-9-16)21-12-13(10-18(21)22)19(23)20-14-4-3-5-17(11-14)25-2/h3-9,11,13H,10,12H2,1-2H3,(H,20,23)/t13-/m0/s1. The summed E-state index contributed by atoms with van der Waals surface area (Å²) < 4.78 is 10.3. The van der Waals surface area contributed by atoms with Gasteiger partial charge in [-0.15, -0.1) is 0 Å². The lowest BCUT2D eigenvalue weighted by Crippen LogP contribution is -2.28. The molecular formula is C19H20N2O4. The number of carbonyl (C=O) groups is 2. The third-order valence-electron chi connectivity index (χ3n) is 4.22. The Bertz CT molecular complexity index is 773. The van der Waals surface area contributed by atoms with Crippen molar-refractivity contribution in [3.63, 3.8) is 0 Å². The van der Waals surface area contributed by atoms with E-state index in [1.807, 2.05) is 12.1 Å².